The monoisotopic (exact) mass is 413 g/mol. The van der Waals surface area contributed by atoms with Gasteiger partial charge in [0.15, 0.2) is 11.5 Å². The van der Waals surface area contributed by atoms with Gasteiger partial charge >= 0.3 is 0 Å². The van der Waals surface area contributed by atoms with E-state index in [1.165, 1.54) is 45.6 Å². The molecular weight excluding hydrogens is 394 g/mol. The fourth-order valence-electron chi connectivity index (χ4n) is 2.78. The number of hydrogen-bond acceptors (Lipinski definition) is 9. The van der Waals surface area contributed by atoms with Crippen LogP contribution in [0.1, 0.15) is 17.6 Å². The van der Waals surface area contributed by atoms with Crippen molar-refractivity contribution in [3.05, 3.63) is 64.5 Å². The number of nitro benzene ring substituents is 1. The molecule has 0 aliphatic carbocycles. The minimum absolute atomic E-state index is 0.0182. The molecule has 30 heavy (non-hydrogen) atoms. The van der Waals surface area contributed by atoms with Gasteiger partial charge in [0, 0.05) is 23.3 Å². The highest BCUT2D eigenvalue weighted by Gasteiger charge is 2.23. The summed E-state index contributed by atoms with van der Waals surface area (Å²) in [6.07, 6.45) is -1.19. The van der Waals surface area contributed by atoms with Gasteiger partial charge in [0.1, 0.15) is 6.10 Å². The van der Waals surface area contributed by atoms with Gasteiger partial charge in [-0.15, -0.1) is 0 Å². The van der Waals surface area contributed by atoms with Gasteiger partial charge in [-0.1, -0.05) is 11.7 Å². The van der Waals surface area contributed by atoms with E-state index in [1.807, 2.05) is 0 Å². The first-order chi connectivity index (χ1) is 14.4. The molecule has 156 valence electrons. The number of aliphatic hydroxyl groups is 1. The summed E-state index contributed by atoms with van der Waals surface area (Å²) >= 11 is 0. The van der Waals surface area contributed by atoms with Crippen LogP contribution in [0.15, 0.2) is 47.5 Å². The average Bonchev–Trinajstić information content (AvgIpc) is 3.27. The fraction of sp³-hybridized carbons (Fsp3) is 0.200. The molecule has 1 N–H and O–H groups in total. The number of ether oxygens (including phenoxy) is 3. The van der Waals surface area contributed by atoms with Gasteiger partial charge in [0.05, 0.1) is 26.3 Å². The molecule has 0 amide bonds. The Morgan fingerprint density at radius 1 is 1.13 bits per heavy atom. The van der Waals surface area contributed by atoms with Crippen LogP contribution in [0.2, 0.25) is 0 Å². The zero-order valence-corrected chi connectivity index (χ0v) is 16.5. The van der Waals surface area contributed by atoms with Crippen LogP contribution in [-0.4, -0.2) is 41.5 Å². The molecule has 0 aliphatic heterocycles. The van der Waals surface area contributed by atoms with Crippen LogP contribution in [-0.2, 0) is 0 Å². The third-order valence-electron chi connectivity index (χ3n) is 4.37. The first-order valence-corrected chi connectivity index (χ1v) is 8.65. The van der Waals surface area contributed by atoms with Crippen molar-refractivity contribution < 1.29 is 28.8 Å². The Bertz CT molecular complexity index is 1050. The number of nitro groups is 1. The van der Waals surface area contributed by atoms with Crippen LogP contribution in [0, 0.1) is 10.1 Å². The highest BCUT2D eigenvalue weighted by molar-refractivity contribution is 5.66. The number of hydrogen-bond donors (Lipinski definition) is 1. The Labute approximate surface area is 171 Å². The quantitative estimate of drug-likeness (QED) is 0.436. The Hall–Kier alpha value is -3.92. The van der Waals surface area contributed by atoms with Crippen LogP contribution in [0.3, 0.4) is 0 Å². The predicted octanol–water partition coefficient (Wildman–Crippen LogP) is 3.42. The summed E-state index contributed by atoms with van der Waals surface area (Å²) in [5.41, 5.74) is 1.05. The molecule has 0 saturated heterocycles. The second kappa shape index (κ2) is 8.62. The molecule has 0 radical (unpaired) electrons. The SMILES string of the molecule is C=C(c1nc(-c2ccc([N+](=O)[O-])cc2)no1)C(O)c1cc(OC)c(OC)c(OC)c1. The molecular formula is C20H19N3O7. The molecule has 0 saturated carbocycles. The number of nitrogens with zero attached hydrogens (tertiary/aromatic N) is 3. The zero-order valence-electron chi connectivity index (χ0n) is 16.5. The lowest BCUT2D eigenvalue weighted by molar-refractivity contribution is -0.384. The van der Waals surface area contributed by atoms with E-state index < -0.39 is 11.0 Å². The smallest absolute Gasteiger partial charge is 0.269 e. The van der Waals surface area contributed by atoms with Crippen molar-refractivity contribution in [3.8, 4) is 28.6 Å². The van der Waals surface area contributed by atoms with E-state index in [0.717, 1.165) is 0 Å². The summed E-state index contributed by atoms with van der Waals surface area (Å²) in [5.74, 6) is 1.36. The van der Waals surface area contributed by atoms with Crippen molar-refractivity contribution in [2.45, 2.75) is 6.10 Å². The Morgan fingerprint density at radius 2 is 1.73 bits per heavy atom. The summed E-state index contributed by atoms with van der Waals surface area (Å²) in [4.78, 5) is 14.5. The standard InChI is InChI=1S/C20H19N3O7/c1-11(17(24)13-9-15(27-2)18(29-4)16(10-13)28-3)20-21-19(22-30-20)12-5-7-14(8-6-12)23(25)26/h5-10,17,24H,1H2,2-4H3. The molecule has 10 nitrogen and oxygen atoms in total. The largest absolute Gasteiger partial charge is 0.493 e. The molecule has 2 aromatic carbocycles. The van der Waals surface area contributed by atoms with Crippen LogP contribution in [0.4, 0.5) is 5.69 Å². The van der Waals surface area contributed by atoms with E-state index >= 15 is 0 Å². The maximum Gasteiger partial charge on any atom is 0.269 e. The molecule has 1 unspecified atom stereocenters. The summed E-state index contributed by atoms with van der Waals surface area (Å²) < 4.78 is 21.1. The first kappa shape index (κ1) is 20.8. The average molecular weight is 413 g/mol. The van der Waals surface area contributed by atoms with E-state index in [-0.39, 0.29) is 23.0 Å². The van der Waals surface area contributed by atoms with Crippen molar-refractivity contribution in [2.75, 3.05) is 21.3 Å². The molecule has 3 rings (SSSR count). The molecule has 1 heterocycles. The summed E-state index contributed by atoms with van der Waals surface area (Å²) in [5, 5.41) is 25.4. The third kappa shape index (κ3) is 3.94. The predicted molar refractivity (Wildman–Crippen MR) is 106 cm³/mol. The molecule has 1 atom stereocenters. The zero-order chi connectivity index (χ0) is 21.8. The van der Waals surface area contributed by atoms with Crippen molar-refractivity contribution >= 4 is 11.3 Å². The van der Waals surface area contributed by atoms with Gasteiger partial charge in [0.25, 0.3) is 11.6 Å². The van der Waals surface area contributed by atoms with Crippen LogP contribution in [0.5, 0.6) is 17.2 Å². The van der Waals surface area contributed by atoms with Crippen LogP contribution in [0.25, 0.3) is 17.0 Å². The van der Waals surface area contributed by atoms with Crippen molar-refractivity contribution in [1.82, 2.24) is 10.1 Å². The highest BCUT2D eigenvalue weighted by Crippen LogP contribution is 2.41. The number of methoxy groups -OCH3 is 3. The maximum absolute atomic E-state index is 10.8. The number of rotatable bonds is 8. The van der Waals surface area contributed by atoms with Gasteiger partial charge in [0.2, 0.25) is 11.6 Å². The van der Waals surface area contributed by atoms with Crippen LogP contribution >= 0.6 is 0 Å². The highest BCUT2D eigenvalue weighted by atomic mass is 16.6. The lowest BCUT2D eigenvalue weighted by Crippen LogP contribution is -2.03. The van der Waals surface area contributed by atoms with E-state index in [0.29, 0.717) is 28.4 Å². The van der Waals surface area contributed by atoms with E-state index in [9.17, 15) is 15.2 Å². The minimum Gasteiger partial charge on any atom is -0.493 e. The second-order valence-electron chi connectivity index (χ2n) is 6.11. The number of benzene rings is 2. The molecule has 3 aromatic rings. The third-order valence-corrected chi connectivity index (χ3v) is 4.37. The van der Waals surface area contributed by atoms with E-state index in [4.69, 9.17) is 18.7 Å². The minimum atomic E-state index is -1.19. The number of non-ortho nitro benzene ring substituents is 1. The Balaban J connectivity index is 1.88. The van der Waals surface area contributed by atoms with Gasteiger partial charge < -0.3 is 23.8 Å². The van der Waals surface area contributed by atoms with Crippen molar-refractivity contribution in [1.29, 1.82) is 0 Å². The fourth-order valence-corrected chi connectivity index (χ4v) is 2.78. The molecule has 0 bridgehead atoms. The lowest BCUT2D eigenvalue weighted by Gasteiger charge is -2.17. The number of aliphatic hydroxyl groups excluding tert-OH is 1. The van der Waals surface area contributed by atoms with E-state index in [2.05, 4.69) is 16.7 Å². The Morgan fingerprint density at radius 3 is 2.23 bits per heavy atom. The van der Waals surface area contributed by atoms with Gasteiger partial charge in [-0.25, -0.2) is 0 Å². The van der Waals surface area contributed by atoms with Crippen molar-refractivity contribution in [2.24, 2.45) is 0 Å². The second-order valence-corrected chi connectivity index (χ2v) is 6.11. The normalized spacial score (nSPS) is 11.6. The van der Waals surface area contributed by atoms with Gasteiger partial charge in [-0.2, -0.15) is 4.98 Å². The van der Waals surface area contributed by atoms with Crippen molar-refractivity contribution in [3.63, 3.8) is 0 Å². The summed E-state index contributed by atoms with van der Waals surface area (Å²) in [6.45, 7) is 3.85. The van der Waals surface area contributed by atoms with Crippen LogP contribution < -0.4 is 14.2 Å². The summed E-state index contributed by atoms with van der Waals surface area (Å²) in [6, 6.07) is 8.86. The molecule has 0 aliphatic rings. The topological polar surface area (TPSA) is 130 Å². The number of aromatic nitrogens is 2. The van der Waals surface area contributed by atoms with Gasteiger partial charge in [-0.05, 0) is 29.8 Å². The maximum atomic E-state index is 10.8. The first-order valence-electron chi connectivity index (χ1n) is 8.65. The molecule has 10 heteroatoms. The van der Waals surface area contributed by atoms with Gasteiger partial charge in [-0.3, -0.25) is 10.1 Å². The molecule has 0 spiro atoms. The Kier molecular flexibility index (Phi) is 5.98. The van der Waals surface area contributed by atoms with E-state index in [1.54, 1.807) is 12.1 Å². The lowest BCUT2D eigenvalue weighted by atomic mass is 10.0. The molecule has 0 fully saturated rings. The molecule has 1 aromatic heterocycles. The summed E-state index contributed by atoms with van der Waals surface area (Å²) in [7, 11) is 4.42.